The van der Waals surface area contributed by atoms with E-state index in [2.05, 4.69) is 0 Å². The van der Waals surface area contributed by atoms with Gasteiger partial charge in [-0.3, -0.25) is 9.36 Å². The van der Waals surface area contributed by atoms with E-state index in [4.69, 9.17) is 9.05 Å². The van der Waals surface area contributed by atoms with Crippen LogP contribution in [0.4, 0.5) is 0 Å². The van der Waals surface area contributed by atoms with E-state index in [9.17, 15) is 9.36 Å². The normalized spacial score (nSPS) is 17.7. The van der Waals surface area contributed by atoms with Gasteiger partial charge in [-0.2, -0.15) is 0 Å². The lowest BCUT2D eigenvalue weighted by atomic mass is 9.93. The van der Waals surface area contributed by atoms with Gasteiger partial charge in [-0.1, -0.05) is 5.57 Å². The molecule has 0 bridgehead atoms. The Morgan fingerprint density at radius 2 is 1.76 bits per heavy atom. The van der Waals surface area contributed by atoms with Crippen LogP contribution in [0.1, 0.15) is 40.0 Å². The van der Waals surface area contributed by atoms with Crippen LogP contribution in [0.2, 0.25) is 0 Å². The molecule has 98 valence electrons. The average Bonchev–Trinajstić information content (AvgIpc) is 2.25. The van der Waals surface area contributed by atoms with Crippen molar-refractivity contribution >= 4 is 13.4 Å². The SMILES string of the molecule is CCOP(=O)(CC1=C(C)C(=O)CCC1)OCC. The first-order valence-electron chi connectivity index (χ1n) is 6.12. The summed E-state index contributed by atoms with van der Waals surface area (Å²) in [6.07, 6.45) is 2.51. The zero-order chi connectivity index (χ0) is 12.9. The molecule has 0 aromatic carbocycles. The van der Waals surface area contributed by atoms with Crippen LogP contribution in [0, 0.1) is 0 Å². The smallest absolute Gasteiger partial charge is 0.309 e. The first-order valence-corrected chi connectivity index (χ1v) is 7.85. The minimum atomic E-state index is -3.06. The van der Waals surface area contributed by atoms with E-state index >= 15 is 0 Å². The van der Waals surface area contributed by atoms with Crippen LogP contribution < -0.4 is 0 Å². The fraction of sp³-hybridized carbons (Fsp3) is 0.750. The first-order chi connectivity index (χ1) is 8.02. The van der Waals surface area contributed by atoms with Gasteiger partial charge >= 0.3 is 7.60 Å². The fourth-order valence-electron chi connectivity index (χ4n) is 1.99. The van der Waals surface area contributed by atoms with Crippen molar-refractivity contribution in [2.45, 2.75) is 40.0 Å². The standard InChI is InChI=1S/C12H21O4P/c1-4-15-17(14,16-5-2)9-11-7-6-8-12(13)10(11)3/h4-9H2,1-3H3. The number of hydrogen-bond acceptors (Lipinski definition) is 4. The molecule has 0 spiro atoms. The van der Waals surface area contributed by atoms with E-state index in [0.717, 1.165) is 24.0 Å². The summed E-state index contributed by atoms with van der Waals surface area (Å²) >= 11 is 0. The van der Waals surface area contributed by atoms with Crippen molar-refractivity contribution in [2.24, 2.45) is 0 Å². The molecule has 0 unspecified atom stereocenters. The summed E-state index contributed by atoms with van der Waals surface area (Å²) in [6, 6.07) is 0. The number of allylic oxidation sites excluding steroid dienone is 2. The van der Waals surface area contributed by atoms with Gasteiger partial charge in [0.2, 0.25) is 0 Å². The van der Waals surface area contributed by atoms with Crippen LogP contribution in [0.5, 0.6) is 0 Å². The molecule has 0 saturated heterocycles. The molecule has 0 N–H and O–H groups in total. The minimum Gasteiger partial charge on any atom is -0.309 e. The van der Waals surface area contributed by atoms with E-state index in [1.54, 1.807) is 20.8 Å². The Morgan fingerprint density at radius 1 is 1.18 bits per heavy atom. The van der Waals surface area contributed by atoms with Crippen molar-refractivity contribution in [1.82, 2.24) is 0 Å². The molecule has 0 saturated carbocycles. The highest BCUT2D eigenvalue weighted by Crippen LogP contribution is 2.50. The summed E-state index contributed by atoms with van der Waals surface area (Å²) in [5.41, 5.74) is 1.68. The molecule has 17 heavy (non-hydrogen) atoms. The molecule has 0 atom stereocenters. The van der Waals surface area contributed by atoms with E-state index in [1.807, 2.05) is 0 Å². The summed E-state index contributed by atoms with van der Waals surface area (Å²) < 4.78 is 22.8. The summed E-state index contributed by atoms with van der Waals surface area (Å²) in [5.74, 6) is 0.158. The Balaban J connectivity index is 2.83. The number of carbonyl (C=O) groups is 1. The van der Waals surface area contributed by atoms with Gasteiger partial charge < -0.3 is 9.05 Å². The van der Waals surface area contributed by atoms with E-state index in [1.165, 1.54) is 0 Å². The summed E-state index contributed by atoms with van der Waals surface area (Å²) in [6.45, 7) is 6.10. The van der Waals surface area contributed by atoms with Crippen molar-refractivity contribution in [3.05, 3.63) is 11.1 Å². The largest absolute Gasteiger partial charge is 0.334 e. The highest BCUT2D eigenvalue weighted by atomic mass is 31.2. The minimum absolute atomic E-state index is 0.158. The van der Waals surface area contributed by atoms with Crippen LogP contribution >= 0.6 is 7.60 Å². The second-order valence-electron chi connectivity index (χ2n) is 4.11. The van der Waals surface area contributed by atoms with Crippen LogP contribution in [-0.2, 0) is 18.4 Å². The maximum atomic E-state index is 12.3. The maximum Gasteiger partial charge on any atom is 0.334 e. The Morgan fingerprint density at radius 3 is 2.29 bits per heavy atom. The number of ketones is 1. The van der Waals surface area contributed by atoms with Crippen LogP contribution in [0.3, 0.4) is 0 Å². The lowest BCUT2D eigenvalue weighted by Crippen LogP contribution is -2.13. The molecular weight excluding hydrogens is 239 g/mol. The van der Waals surface area contributed by atoms with Gasteiger partial charge in [0.1, 0.15) is 0 Å². The van der Waals surface area contributed by atoms with Gasteiger partial charge in [0.15, 0.2) is 5.78 Å². The predicted octanol–water partition coefficient (Wildman–Crippen LogP) is 3.32. The molecule has 0 aliphatic heterocycles. The van der Waals surface area contributed by atoms with Gasteiger partial charge in [-0.15, -0.1) is 0 Å². The molecule has 0 aromatic heterocycles. The zero-order valence-corrected chi connectivity index (χ0v) is 11.7. The van der Waals surface area contributed by atoms with Crippen LogP contribution in [0.25, 0.3) is 0 Å². The second kappa shape index (κ2) is 6.48. The Labute approximate surface area is 103 Å². The molecular formula is C12H21O4P. The highest BCUT2D eigenvalue weighted by Gasteiger charge is 2.28. The monoisotopic (exact) mass is 260 g/mol. The molecule has 0 aromatic rings. The Kier molecular flexibility index (Phi) is 5.57. The van der Waals surface area contributed by atoms with Crippen LogP contribution in [-0.4, -0.2) is 25.2 Å². The summed E-state index contributed by atoms with van der Waals surface area (Å²) in [5, 5.41) is 0. The lowest BCUT2D eigenvalue weighted by Gasteiger charge is -2.22. The quantitative estimate of drug-likeness (QED) is 0.687. The number of Topliss-reactive ketones (excluding diaryl/α,β-unsaturated/α-hetero) is 1. The summed E-state index contributed by atoms with van der Waals surface area (Å²) in [7, 11) is -3.06. The Hall–Kier alpha value is -0.440. The molecule has 0 fully saturated rings. The number of hydrogen-bond donors (Lipinski definition) is 0. The molecule has 1 rings (SSSR count). The van der Waals surface area contributed by atoms with E-state index < -0.39 is 7.60 Å². The number of carbonyl (C=O) groups excluding carboxylic acids is 1. The first kappa shape index (κ1) is 14.6. The predicted molar refractivity (Wildman–Crippen MR) is 67.3 cm³/mol. The second-order valence-corrected chi connectivity index (χ2v) is 6.16. The molecule has 0 heterocycles. The molecule has 1 aliphatic carbocycles. The summed E-state index contributed by atoms with van der Waals surface area (Å²) in [4.78, 5) is 11.6. The van der Waals surface area contributed by atoms with Gasteiger partial charge in [-0.05, 0) is 39.2 Å². The van der Waals surface area contributed by atoms with Crippen molar-refractivity contribution in [2.75, 3.05) is 19.4 Å². The fourth-order valence-corrected chi connectivity index (χ4v) is 3.89. The van der Waals surface area contributed by atoms with Crippen molar-refractivity contribution < 1.29 is 18.4 Å². The highest BCUT2D eigenvalue weighted by molar-refractivity contribution is 7.54. The number of rotatable bonds is 6. The third-order valence-electron chi connectivity index (χ3n) is 2.87. The zero-order valence-electron chi connectivity index (χ0n) is 10.8. The lowest BCUT2D eigenvalue weighted by molar-refractivity contribution is -0.116. The average molecular weight is 260 g/mol. The van der Waals surface area contributed by atoms with Crippen molar-refractivity contribution in [3.63, 3.8) is 0 Å². The maximum absolute atomic E-state index is 12.3. The molecule has 1 aliphatic rings. The van der Waals surface area contributed by atoms with E-state index in [0.29, 0.717) is 19.6 Å². The van der Waals surface area contributed by atoms with Gasteiger partial charge in [0, 0.05) is 6.42 Å². The Bertz CT molecular complexity index is 350. The molecule has 4 nitrogen and oxygen atoms in total. The molecule has 5 heteroatoms. The van der Waals surface area contributed by atoms with Crippen molar-refractivity contribution in [1.29, 1.82) is 0 Å². The van der Waals surface area contributed by atoms with Gasteiger partial charge in [0.25, 0.3) is 0 Å². The van der Waals surface area contributed by atoms with Gasteiger partial charge in [-0.25, -0.2) is 0 Å². The third-order valence-corrected chi connectivity index (χ3v) is 4.94. The third kappa shape index (κ3) is 4.06. The van der Waals surface area contributed by atoms with Gasteiger partial charge in [0.05, 0.1) is 19.4 Å². The van der Waals surface area contributed by atoms with E-state index in [-0.39, 0.29) is 11.9 Å². The molecule has 0 amide bonds. The molecule has 0 radical (unpaired) electrons. The topological polar surface area (TPSA) is 52.6 Å². The van der Waals surface area contributed by atoms with Crippen molar-refractivity contribution in [3.8, 4) is 0 Å². The van der Waals surface area contributed by atoms with Crippen LogP contribution in [0.15, 0.2) is 11.1 Å².